The first-order chi connectivity index (χ1) is 11.5. The lowest BCUT2D eigenvalue weighted by atomic mass is 10.1. The molecule has 0 spiro atoms. The minimum atomic E-state index is -0.905. The summed E-state index contributed by atoms with van der Waals surface area (Å²) in [4.78, 5) is 11.8. The van der Waals surface area contributed by atoms with Crippen LogP contribution >= 0.6 is 0 Å². The van der Waals surface area contributed by atoms with Crippen molar-refractivity contribution in [1.29, 1.82) is 0 Å². The van der Waals surface area contributed by atoms with Crippen LogP contribution in [0.2, 0.25) is 0 Å². The van der Waals surface area contributed by atoms with Crippen molar-refractivity contribution in [1.82, 2.24) is 9.78 Å². The van der Waals surface area contributed by atoms with E-state index in [0.29, 0.717) is 11.5 Å². The quantitative estimate of drug-likeness (QED) is 0.745. The van der Waals surface area contributed by atoms with Gasteiger partial charge in [-0.2, -0.15) is 4.68 Å². The molecule has 1 N–H and O–H groups in total. The van der Waals surface area contributed by atoms with Crippen molar-refractivity contribution >= 4 is 0 Å². The van der Waals surface area contributed by atoms with E-state index in [2.05, 4.69) is 5.10 Å². The zero-order chi connectivity index (χ0) is 17.1. The highest BCUT2D eigenvalue weighted by Gasteiger charge is 2.15. The molecule has 2 aromatic heterocycles. The number of benzene rings is 1. The van der Waals surface area contributed by atoms with Crippen molar-refractivity contribution in [2.45, 2.75) is 26.5 Å². The molecule has 0 aliphatic carbocycles. The number of hydrogen-bond donors (Lipinski definition) is 1. The van der Waals surface area contributed by atoms with Gasteiger partial charge in [-0.1, -0.05) is 6.07 Å². The van der Waals surface area contributed by atoms with Crippen LogP contribution in [0.3, 0.4) is 0 Å². The molecule has 0 radical (unpaired) electrons. The Morgan fingerprint density at radius 2 is 2.04 bits per heavy atom. The summed E-state index contributed by atoms with van der Waals surface area (Å²) in [5.74, 6) is 0.446. The first-order valence-electron chi connectivity index (χ1n) is 7.52. The van der Waals surface area contributed by atoms with Crippen molar-refractivity contribution in [2.24, 2.45) is 0 Å². The van der Waals surface area contributed by atoms with Gasteiger partial charge in [0.1, 0.15) is 18.5 Å². The van der Waals surface area contributed by atoms with Crippen molar-refractivity contribution in [3.63, 3.8) is 0 Å². The minimum Gasteiger partial charge on any atom is -0.491 e. The van der Waals surface area contributed by atoms with E-state index in [1.54, 1.807) is 12.1 Å². The lowest BCUT2D eigenvalue weighted by Crippen LogP contribution is -2.29. The van der Waals surface area contributed by atoms with E-state index in [4.69, 9.17) is 13.6 Å². The van der Waals surface area contributed by atoms with Gasteiger partial charge in [-0.15, -0.1) is 5.10 Å². The van der Waals surface area contributed by atoms with E-state index in [1.807, 2.05) is 32.0 Å². The predicted octanol–water partition coefficient (Wildman–Crippen LogP) is 2.15. The fourth-order valence-corrected chi connectivity index (χ4v) is 2.38. The zero-order valence-electron chi connectivity index (χ0n) is 13.4. The monoisotopic (exact) mass is 330 g/mol. The second-order valence-corrected chi connectivity index (χ2v) is 5.62. The number of hydrogen-bond acceptors (Lipinski definition) is 6. The van der Waals surface area contributed by atoms with Gasteiger partial charge < -0.3 is 18.7 Å². The molecular formula is C17H18N2O5. The van der Waals surface area contributed by atoms with Gasteiger partial charge in [-0.25, -0.2) is 4.79 Å². The van der Waals surface area contributed by atoms with Crippen LogP contribution in [0.25, 0.3) is 11.7 Å². The number of aliphatic hydroxyl groups excluding tert-OH is 1. The van der Waals surface area contributed by atoms with Gasteiger partial charge in [-0.3, -0.25) is 0 Å². The maximum Gasteiger partial charge on any atom is 0.437 e. The van der Waals surface area contributed by atoms with Crippen LogP contribution < -0.4 is 10.5 Å². The zero-order valence-corrected chi connectivity index (χ0v) is 13.4. The Labute approximate surface area is 138 Å². The third-order valence-electron chi connectivity index (χ3n) is 3.36. The second-order valence-electron chi connectivity index (χ2n) is 5.62. The summed E-state index contributed by atoms with van der Waals surface area (Å²) >= 11 is 0. The molecule has 24 heavy (non-hydrogen) atoms. The molecule has 3 rings (SSSR count). The second kappa shape index (κ2) is 6.76. The molecule has 0 aliphatic rings. The Hall–Kier alpha value is -2.80. The summed E-state index contributed by atoms with van der Waals surface area (Å²) in [5.41, 5.74) is 2.16. The Morgan fingerprint density at radius 1 is 1.29 bits per heavy atom. The van der Waals surface area contributed by atoms with E-state index in [9.17, 15) is 9.90 Å². The van der Waals surface area contributed by atoms with Crippen LogP contribution in [0, 0.1) is 13.8 Å². The third kappa shape index (κ3) is 3.75. The van der Waals surface area contributed by atoms with Gasteiger partial charge in [0.05, 0.1) is 12.8 Å². The smallest absolute Gasteiger partial charge is 0.437 e. The number of aromatic nitrogens is 2. The highest BCUT2D eigenvalue weighted by Crippen LogP contribution is 2.17. The summed E-state index contributed by atoms with van der Waals surface area (Å²) in [6.07, 6.45) is 0.555. The van der Waals surface area contributed by atoms with Crippen LogP contribution in [0.1, 0.15) is 11.1 Å². The molecule has 2 heterocycles. The van der Waals surface area contributed by atoms with Gasteiger partial charge in [0.15, 0.2) is 5.76 Å². The molecule has 0 saturated heterocycles. The van der Waals surface area contributed by atoms with Crippen molar-refractivity contribution in [2.75, 3.05) is 6.61 Å². The van der Waals surface area contributed by atoms with Gasteiger partial charge in [-0.05, 0) is 49.2 Å². The number of aryl methyl sites for hydroxylation is 2. The fraction of sp³-hybridized carbons (Fsp3) is 0.294. The number of nitrogens with zero attached hydrogens (tertiary/aromatic N) is 2. The Bertz CT molecular complexity index is 843. The summed E-state index contributed by atoms with van der Waals surface area (Å²) in [6.45, 7) is 3.95. The Kier molecular flexibility index (Phi) is 4.52. The van der Waals surface area contributed by atoms with E-state index in [1.165, 1.54) is 6.26 Å². The van der Waals surface area contributed by atoms with Crippen LogP contribution in [0.5, 0.6) is 5.75 Å². The van der Waals surface area contributed by atoms with E-state index in [0.717, 1.165) is 15.8 Å². The molecular weight excluding hydrogens is 312 g/mol. The van der Waals surface area contributed by atoms with E-state index < -0.39 is 11.9 Å². The molecule has 0 saturated carbocycles. The normalized spacial score (nSPS) is 12.3. The predicted molar refractivity (Wildman–Crippen MR) is 85.9 cm³/mol. The Balaban J connectivity index is 1.63. The van der Waals surface area contributed by atoms with E-state index in [-0.39, 0.29) is 19.0 Å². The molecule has 0 amide bonds. The molecule has 0 aliphatic heterocycles. The first-order valence-corrected chi connectivity index (χ1v) is 7.52. The SMILES string of the molecule is Cc1cc(C)cc(OC[C@@H](O)Cn2nc(-c3ccco3)oc2=O)c1. The molecule has 0 fully saturated rings. The summed E-state index contributed by atoms with van der Waals surface area (Å²) in [6, 6.07) is 9.11. The summed E-state index contributed by atoms with van der Waals surface area (Å²) in [5, 5.41) is 14.1. The van der Waals surface area contributed by atoms with Crippen molar-refractivity contribution in [3.05, 3.63) is 58.3 Å². The van der Waals surface area contributed by atoms with Crippen LogP contribution in [0.15, 0.2) is 50.2 Å². The maximum atomic E-state index is 11.8. The topological polar surface area (TPSA) is 90.6 Å². The summed E-state index contributed by atoms with van der Waals surface area (Å²) in [7, 11) is 0. The van der Waals surface area contributed by atoms with E-state index >= 15 is 0 Å². The molecule has 7 nitrogen and oxygen atoms in total. The number of rotatable bonds is 6. The average molecular weight is 330 g/mol. The molecule has 7 heteroatoms. The van der Waals surface area contributed by atoms with Gasteiger partial charge in [0, 0.05) is 0 Å². The molecule has 0 unspecified atom stereocenters. The number of furan rings is 1. The third-order valence-corrected chi connectivity index (χ3v) is 3.36. The maximum absolute atomic E-state index is 11.8. The standard InChI is InChI=1S/C17H18N2O5/c1-11-6-12(2)8-14(7-11)23-10-13(20)9-19-17(21)24-16(18-19)15-4-3-5-22-15/h3-8,13,20H,9-10H2,1-2H3/t13-/m0/s1. The first kappa shape index (κ1) is 16.1. The summed E-state index contributed by atoms with van der Waals surface area (Å²) < 4.78 is 16.8. The molecule has 0 bridgehead atoms. The highest BCUT2D eigenvalue weighted by atomic mass is 16.5. The molecule has 3 aromatic rings. The van der Waals surface area contributed by atoms with Gasteiger partial charge >= 0.3 is 5.76 Å². The van der Waals surface area contributed by atoms with Gasteiger partial charge in [0.25, 0.3) is 5.89 Å². The molecule has 1 aromatic carbocycles. The van der Waals surface area contributed by atoms with Crippen molar-refractivity contribution in [3.8, 4) is 17.4 Å². The minimum absolute atomic E-state index is 0.0339. The van der Waals surface area contributed by atoms with Crippen molar-refractivity contribution < 1.29 is 18.7 Å². The largest absolute Gasteiger partial charge is 0.491 e. The molecule has 1 atom stereocenters. The van der Waals surface area contributed by atoms with Crippen LogP contribution in [0.4, 0.5) is 0 Å². The highest BCUT2D eigenvalue weighted by molar-refractivity contribution is 5.42. The lowest BCUT2D eigenvalue weighted by molar-refractivity contribution is 0.0875. The number of aliphatic hydroxyl groups is 1. The number of ether oxygens (including phenoxy) is 1. The fourth-order valence-electron chi connectivity index (χ4n) is 2.38. The average Bonchev–Trinajstić information content (AvgIpc) is 3.15. The lowest BCUT2D eigenvalue weighted by Gasteiger charge is -2.12. The Morgan fingerprint density at radius 3 is 2.71 bits per heavy atom. The van der Waals surface area contributed by atoms with Crippen LogP contribution in [-0.2, 0) is 6.54 Å². The molecule has 126 valence electrons. The van der Waals surface area contributed by atoms with Crippen LogP contribution in [-0.4, -0.2) is 27.6 Å². The van der Waals surface area contributed by atoms with Gasteiger partial charge in [0.2, 0.25) is 0 Å².